The Labute approximate surface area is 98.4 Å². The first kappa shape index (κ1) is 11.3. The first-order chi connectivity index (χ1) is 8.13. The highest BCUT2D eigenvalue weighted by molar-refractivity contribution is 6.65. The van der Waals surface area contributed by atoms with Crippen molar-refractivity contribution in [3.63, 3.8) is 0 Å². The maximum absolute atomic E-state index is 11.4. The van der Waals surface area contributed by atoms with Crippen molar-refractivity contribution in [2.75, 3.05) is 11.6 Å². The number of anilines is 1. The second-order valence-corrected chi connectivity index (χ2v) is 3.72. The largest absolute Gasteiger partial charge is 0.476 e. The zero-order valence-electron chi connectivity index (χ0n) is 9.38. The number of carboxylic acid groups (broad SMARTS) is 1. The molecule has 0 spiro atoms. The Morgan fingerprint density at radius 1 is 1.47 bits per heavy atom. The van der Waals surface area contributed by atoms with Crippen LogP contribution in [0.5, 0.6) is 0 Å². The minimum Gasteiger partial charge on any atom is -0.476 e. The lowest BCUT2D eigenvalue weighted by atomic mass is 10.1. The van der Waals surface area contributed by atoms with Crippen molar-refractivity contribution in [3.8, 4) is 0 Å². The Balaban J connectivity index is 2.37. The van der Waals surface area contributed by atoms with Gasteiger partial charge in [0.2, 0.25) is 11.5 Å². The highest BCUT2D eigenvalue weighted by atomic mass is 16.4. The van der Waals surface area contributed by atoms with Crippen LogP contribution >= 0.6 is 0 Å². The van der Waals surface area contributed by atoms with Gasteiger partial charge in [-0.05, 0) is 18.1 Å². The fourth-order valence-electron chi connectivity index (χ4n) is 1.79. The lowest BCUT2D eigenvalue weighted by Crippen LogP contribution is -2.23. The summed E-state index contributed by atoms with van der Waals surface area (Å²) in [5.41, 5.74) is 1.44. The summed E-state index contributed by atoms with van der Waals surface area (Å²) in [4.78, 5) is 22.2. The van der Waals surface area contributed by atoms with Crippen LogP contribution in [-0.4, -0.2) is 29.1 Å². The first-order valence-corrected chi connectivity index (χ1v) is 5.34. The van der Waals surface area contributed by atoms with E-state index in [1.54, 1.807) is 0 Å². The number of para-hydroxylation sites is 1. The second-order valence-electron chi connectivity index (χ2n) is 3.72. The van der Waals surface area contributed by atoms with Crippen LogP contribution in [0.2, 0.25) is 0 Å². The van der Waals surface area contributed by atoms with E-state index in [2.05, 4.69) is 5.10 Å². The molecule has 1 aliphatic heterocycles. The lowest BCUT2D eigenvalue weighted by Gasteiger charge is -2.16. The Morgan fingerprint density at radius 3 is 2.76 bits per heavy atom. The topological polar surface area (TPSA) is 70.0 Å². The van der Waals surface area contributed by atoms with Crippen LogP contribution in [0.1, 0.15) is 12.5 Å². The summed E-state index contributed by atoms with van der Waals surface area (Å²) in [6, 6.07) is 7.52. The number of Topliss-reactive ketones (excluding diaryl/α,β-unsaturated/α-hetero) is 1. The molecular weight excluding hydrogens is 220 g/mol. The molecule has 1 heterocycles. The van der Waals surface area contributed by atoms with Crippen LogP contribution in [0, 0.1) is 0 Å². The molecule has 0 unspecified atom stereocenters. The fourth-order valence-corrected chi connectivity index (χ4v) is 1.79. The second kappa shape index (κ2) is 4.37. The van der Waals surface area contributed by atoms with Gasteiger partial charge in [0.25, 0.3) is 0 Å². The first-order valence-electron chi connectivity index (χ1n) is 5.34. The van der Waals surface area contributed by atoms with E-state index in [0.29, 0.717) is 0 Å². The molecule has 5 nitrogen and oxygen atoms in total. The van der Waals surface area contributed by atoms with Crippen molar-refractivity contribution in [2.45, 2.75) is 13.3 Å². The molecule has 17 heavy (non-hydrogen) atoms. The van der Waals surface area contributed by atoms with Crippen LogP contribution in [0.4, 0.5) is 5.69 Å². The maximum atomic E-state index is 11.4. The number of hydrogen-bond donors (Lipinski definition) is 1. The summed E-state index contributed by atoms with van der Waals surface area (Å²) in [5.74, 6) is -1.73. The number of benzene rings is 1. The molecule has 2 rings (SSSR count). The van der Waals surface area contributed by atoms with Gasteiger partial charge in [0.1, 0.15) is 6.54 Å². The van der Waals surface area contributed by atoms with Crippen LogP contribution in [-0.2, 0) is 16.0 Å². The Hall–Kier alpha value is -2.17. The molecule has 1 aliphatic rings. The van der Waals surface area contributed by atoms with E-state index in [1.807, 2.05) is 31.2 Å². The molecule has 0 amide bonds. The third-order valence-electron chi connectivity index (χ3n) is 2.63. The predicted molar refractivity (Wildman–Crippen MR) is 63.2 cm³/mol. The smallest absolute Gasteiger partial charge is 0.360 e. The van der Waals surface area contributed by atoms with E-state index < -0.39 is 17.5 Å². The van der Waals surface area contributed by atoms with Gasteiger partial charge in [0.05, 0.1) is 5.69 Å². The number of nitrogens with zero attached hydrogens (tertiary/aromatic N) is 2. The van der Waals surface area contributed by atoms with Crippen LogP contribution in [0.3, 0.4) is 0 Å². The molecular formula is C12H12N2O3. The van der Waals surface area contributed by atoms with Gasteiger partial charge in [-0.1, -0.05) is 25.1 Å². The van der Waals surface area contributed by atoms with Crippen LogP contribution in [0.15, 0.2) is 29.4 Å². The molecule has 0 bridgehead atoms. The van der Waals surface area contributed by atoms with Gasteiger partial charge in [-0.2, -0.15) is 5.10 Å². The van der Waals surface area contributed by atoms with Crippen molar-refractivity contribution in [2.24, 2.45) is 5.10 Å². The Kier molecular flexibility index (Phi) is 2.91. The summed E-state index contributed by atoms with van der Waals surface area (Å²) in [6.45, 7) is 2.00. The number of hydrazone groups is 1. The number of aliphatic carboxylic acids is 1. The third-order valence-corrected chi connectivity index (χ3v) is 2.63. The molecule has 5 heteroatoms. The van der Waals surface area contributed by atoms with E-state index in [9.17, 15) is 9.59 Å². The highest BCUT2D eigenvalue weighted by Gasteiger charge is 2.30. The summed E-state index contributed by atoms with van der Waals surface area (Å²) in [5, 5.41) is 14.1. The number of carboxylic acids is 1. The zero-order chi connectivity index (χ0) is 12.4. The van der Waals surface area contributed by atoms with Gasteiger partial charge >= 0.3 is 5.97 Å². The van der Waals surface area contributed by atoms with E-state index in [-0.39, 0.29) is 6.54 Å². The Bertz CT molecular complexity index is 508. The van der Waals surface area contributed by atoms with Gasteiger partial charge < -0.3 is 5.11 Å². The molecule has 0 atom stereocenters. The summed E-state index contributed by atoms with van der Waals surface area (Å²) >= 11 is 0. The van der Waals surface area contributed by atoms with Gasteiger partial charge in [-0.15, -0.1) is 0 Å². The number of ketones is 1. The summed E-state index contributed by atoms with van der Waals surface area (Å²) < 4.78 is 0. The fraction of sp³-hybridized carbons (Fsp3) is 0.250. The lowest BCUT2D eigenvalue weighted by molar-refractivity contribution is -0.130. The summed E-state index contributed by atoms with van der Waals surface area (Å²) in [6.07, 6.45) is 0.804. The molecule has 0 aliphatic carbocycles. The molecule has 0 fully saturated rings. The van der Waals surface area contributed by atoms with Crippen LogP contribution in [0.25, 0.3) is 0 Å². The minimum atomic E-state index is -1.27. The molecule has 0 saturated heterocycles. The van der Waals surface area contributed by atoms with E-state index in [4.69, 9.17) is 5.11 Å². The van der Waals surface area contributed by atoms with E-state index in [0.717, 1.165) is 17.7 Å². The van der Waals surface area contributed by atoms with Crippen molar-refractivity contribution in [3.05, 3.63) is 29.8 Å². The van der Waals surface area contributed by atoms with Crippen LogP contribution < -0.4 is 5.01 Å². The molecule has 0 aromatic heterocycles. The molecule has 1 N–H and O–H groups in total. The normalized spacial score (nSPS) is 15.0. The standard InChI is InChI=1S/C12H12N2O3/c1-2-8-5-3-4-6-9(8)14-7-10(15)11(13-14)12(16)17/h3-6H,2,7H2,1H3,(H,16,17). The zero-order valence-corrected chi connectivity index (χ0v) is 9.38. The number of aryl methyl sites for hydroxylation is 1. The monoisotopic (exact) mass is 232 g/mol. The molecule has 0 saturated carbocycles. The molecule has 1 aromatic rings. The third kappa shape index (κ3) is 2.04. The molecule has 0 radical (unpaired) electrons. The van der Waals surface area contributed by atoms with Crippen molar-refractivity contribution >= 4 is 23.2 Å². The number of carbonyl (C=O) groups is 2. The number of rotatable bonds is 3. The molecule has 88 valence electrons. The van der Waals surface area contributed by atoms with Gasteiger partial charge in [-0.3, -0.25) is 9.80 Å². The SMILES string of the molecule is CCc1ccccc1N1CC(=O)C(C(=O)O)=N1. The summed E-state index contributed by atoms with van der Waals surface area (Å²) in [7, 11) is 0. The Morgan fingerprint density at radius 2 is 2.18 bits per heavy atom. The van der Waals surface area contributed by atoms with Gasteiger partial charge in [0.15, 0.2) is 0 Å². The van der Waals surface area contributed by atoms with Crippen molar-refractivity contribution in [1.82, 2.24) is 0 Å². The number of hydrogen-bond acceptors (Lipinski definition) is 4. The molecule has 1 aromatic carbocycles. The average Bonchev–Trinajstić information content (AvgIpc) is 2.71. The van der Waals surface area contributed by atoms with E-state index >= 15 is 0 Å². The highest BCUT2D eigenvalue weighted by Crippen LogP contribution is 2.23. The van der Waals surface area contributed by atoms with Crippen molar-refractivity contribution < 1.29 is 14.7 Å². The van der Waals surface area contributed by atoms with E-state index in [1.165, 1.54) is 5.01 Å². The van der Waals surface area contributed by atoms with Gasteiger partial charge in [0, 0.05) is 0 Å². The quantitative estimate of drug-likeness (QED) is 0.846. The average molecular weight is 232 g/mol. The predicted octanol–water partition coefficient (Wildman–Crippen LogP) is 1.08. The number of carbonyl (C=O) groups excluding carboxylic acids is 1. The minimum absolute atomic E-state index is 0.00134. The maximum Gasteiger partial charge on any atom is 0.360 e. The van der Waals surface area contributed by atoms with Crippen molar-refractivity contribution in [1.29, 1.82) is 0 Å². The van der Waals surface area contributed by atoms with Gasteiger partial charge in [-0.25, -0.2) is 4.79 Å².